The normalized spacial score (nSPS) is 12.4. The largest absolute Gasteiger partial charge is 0.409 e. The lowest BCUT2D eigenvalue weighted by Gasteiger charge is -2.10. The number of nitrogens with two attached hydrogens (primary N) is 1. The van der Waals surface area contributed by atoms with Crippen molar-refractivity contribution in [2.45, 2.75) is 11.9 Å². The number of hydrogen-bond acceptors (Lipinski definition) is 5. The highest BCUT2D eigenvalue weighted by atomic mass is 32.2. The molecule has 0 fully saturated rings. The van der Waals surface area contributed by atoms with Crippen LogP contribution in [-0.2, 0) is 17.1 Å². The summed E-state index contributed by atoms with van der Waals surface area (Å²) in [5.41, 5.74) is 6.01. The quantitative estimate of drug-likeness (QED) is 0.331. The first-order valence-corrected chi connectivity index (χ1v) is 7.43. The number of imidazole rings is 1. The van der Waals surface area contributed by atoms with Gasteiger partial charge in [-0.1, -0.05) is 17.3 Å². The molecule has 9 heteroatoms. The van der Waals surface area contributed by atoms with E-state index in [-0.39, 0.29) is 22.1 Å². The molecule has 21 heavy (non-hydrogen) atoms. The molecule has 0 saturated heterocycles. The predicted molar refractivity (Wildman–Crippen MR) is 77.7 cm³/mol. The molecule has 0 atom stereocenters. The standard InChI is InChI=1S/C12H15N5O3S/c1-8-14-11(7-17(8)2)21(19,20)16-10-6-4-3-5-9(10)12(13)15-18/h3-7,16,18H,1-2H3,(H2,13,15). The lowest BCUT2D eigenvalue weighted by atomic mass is 10.2. The molecule has 0 saturated carbocycles. The van der Waals surface area contributed by atoms with Gasteiger partial charge in [0, 0.05) is 18.8 Å². The maximum atomic E-state index is 12.3. The summed E-state index contributed by atoms with van der Waals surface area (Å²) in [6, 6.07) is 6.34. The van der Waals surface area contributed by atoms with E-state index in [2.05, 4.69) is 14.9 Å². The SMILES string of the molecule is Cc1nc(S(=O)(=O)Nc2ccccc2C(N)=NO)cn1C. The number of anilines is 1. The molecule has 1 aromatic carbocycles. The monoisotopic (exact) mass is 309 g/mol. The minimum Gasteiger partial charge on any atom is -0.409 e. The second kappa shape index (κ2) is 5.44. The number of amidine groups is 1. The third kappa shape index (κ3) is 2.97. The van der Waals surface area contributed by atoms with Crippen molar-refractivity contribution in [2.75, 3.05) is 4.72 Å². The molecule has 2 aromatic rings. The topological polar surface area (TPSA) is 123 Å². The van der Waals surface area contributed by atoms with E-state index in [1.54, 1.807) is 30.7 Å². The van der Waals surface area contributed by atoms with Gasteiger partial charge >= 0.3 is 0 Å². The van der Waals surface area contributed by atoms with E-state index < -0.39 is 10.0 Å². The highest BCUT2D eigenvalue weighted by Crippen LogP contribution is 2.19. The first-order valence-electron chi connectivity index (χ1n) is 5.95. The molecule has 0 radical (unpaired) electrons. The van der Waals surface area contributed by atoms with Crippen LogP contribution in [0, 0.1) is 6.92 Å². The molecule has 0 aliphatic rings. The molecule has 8 nitrogen and oxygen atoms in total. The molecular weight excluding hydrogens is 294 g/mol. The van der Waals surface area contributed by atoms with Crippen LogP contribution in [0.5, 0.6) is 0 Å². The van der Waals surface area contributed by atoms with Gasteiger partial charge in [0.2, 0.25) is 0 Å². The van der Waals surface area contributed by atoms with E-state index in [0.29, 0.717) is 5.82 Å². The molecule has 0 aliphatic carbocycles. The Hall–Kier alpha value is -2.55. The number of hydrogen-bond donors (Lipinski definition) is 3. The summed E-state index contributed by atoms with van der Waals surface area (Å²) in [4.78, 5) is 3.97. The van der Waals surface area contributed by atoms with Crippen molar-refractivity contribution in [3.63, 3.8) is 0 Å². The average Bonchev–Trinajstić information content (AvgIpc) is 2.79. The van der Waals surface area contributed by atoms with Gasteiger partial charge in [-0.2, -0.15) is 8.42 Å². The minimum absolute atomic E-state index is 0.100. The smallest absolute Gasteiger partial charge is 0.280 e. The van der Waals surface area contributed by atoms with E-state index in [1.807, 2.05) is 0 Å². The average molecular weight is 309 g/mol. The Morgan fingerprint density at radius 3 is 2.67 bits per heavy atom. The fourth-order valence-corrected chi connectivity index (χ4v) is 2.82. The van der Waals surface area contributed by atoms with Gasteiger partial charge in [0.15, 0.2) is 10.9 Å². The fourth-order valence-electron chi connectivity index (χ4n) is 1.70. The maximum absolute atomic E-state index is 12.3. The van der Waals surface area contributed by atoms with Gasteiger partial charge in [-0.3, -0.25) is 4.72 Å². The van der Waals surface area contributed by atoms with Crippen molar-refractivity contribution in [3.8, 4) is 0 Å². The number of nitrogens with one attached hydrogen (secondary N) is 1. The van der Waals surface area contributed by atoms with Gasteiger partial charge in [0.1, 0.15) is 5.82 Å². The summed E-state index contributed by atoms with van der Waals surface area (Å²) in [5.74, 6) is 0.380. The molecule has 112 valence electrons. The number of nitrogens with zero attached hydrogens (tertiary/aromatic N) is 3. The van der Waals surface area contributed by atoms with Gasteiger partial charge in [-0.05, 0) is 19.1 Å². The van der Waals surface area contributed by atoms with Gasteiger partial charge in [-0.15, -0.1) is 0 Å². The highest BCUT2D eigenvalue weighted by Gasteiger charge is 2.20. The molecule has 0 spiro atoms. The van der Waals surface area contributed by atoms with Crippen LogP contribution in [0.4, 0.5) is 5.69 Å². The van der Waals surface area contributed by atoms with E-state index in [0.717, 1.165) is 0 Å². The summed E-state index contributed by atoms with van der Waals surface area (Å²) in [6.07, 6.45) is 1.41. The Bertz CT molecular complexity index is 775. The molecule has 0 unspecified atom stereocenters. The summed E-state index contributed by atoms with van der Waals surface area (Å²) in [5, 5.41) is 11.5. The Morgan fingerprint density at radius 1 is 1.43 bits per heavy atom. The van der Waals surface area contributed by atoms with Crippen molar-refractivity contribution < 1.29 is 13.6 Å². The van der Waals surface area contributed by atoms with Gasteiger partial charge in [0.25, 0.3) is 10.0 Å². The number of para-hydroxylation sites is 1. The Balaban J connectivity index is 2.42. The second-order valence-corrected chi connectivity index (χ2v) is 6.00. The van der Waals surface area contributed by atoms with Crippen molar-refractivity contribution in [2.24, 2.45) is 17.9 Å². The van der Waals surface area contributed by atoms with Crippen LogP contribution in [0.2, 0.25) is 0 Å². The molecule has 0 bridgehead atoms. The number of aryl methyl sites for hydroxylation is 2. The number of rotatable bonds is 4. The fraction of sp³-hybridized carbons (Fsp3) is 0.167. The van der Waals surface area contributed by atoms with Gasteiger partial charge in [-0.25, -0.2) is 4.98 Å². The Labute approximate surface area is 122 Å². The minimum atomic E-state index is -3.85. The highest BCUT2D eigenvalue weighted by molar-refractivity contribution is 7.92. The Morgan fingerprint density at radius 2 is 2.10 bits per heavy atom. The van der Waals surface area contributed by atoms with Crippen molar-refractivity contribution >= 4 is 21.5 Å². The maximum Gasteiger partial charge on any atom is 0.280 e. The van der Waals surface area contributed by atoms with E-state index in [1.165, 1.54) is 18.3 Å². The molecule has 0 aliphatic heterocycles. The first-order chi connectivity index (χ1) is 9.85. The van der Waals surface area contributed by atoms with Crippen molar-refractivity contribution in [3.05, 3.63) is 41.9 Å². The lowest BCUT2D eigenvalue weighted by Crippen LogP contribution is -2.19. The van der Waals surface area contributed by atoms with Crippen LogP contribution in [0.1, 0.15) is 11.4 Å². The van der Waals surface area contributed by atoms with Crippen molar-refractivity contribution in [1.29, 1.82) is 0 Å². The number of oxime groups is 1. The second-order valence-electron chi connectivity index (χ2n) is 4.37. The third-order valence-electron chi connectivity index (χ3n) is 2.92. The zero-order chi connectivity index (χ0) is 15.6. The van der Waals surface area contributed by atoms with Crippen LogP contribution in [0.25, 0.3) is 0 Å². The van der Waals surface area contributed by atoms with Crippen LogP contribution in [0.15, 0.2) is 40.6 Å². The van der Waals surface area contributed by atoms with Crippen LogP contribution < -0.4 is 10.5 Å². The predicted octanol–water partition coefficient (Wildman–Crippen LogP) is 0.624. The van der Waals surface area contributed by atoms with E-state index in [9.17, 15) is 8.42 Å². The first kappa shape index (κ1) is 14.9. The van der Waals surface area contributed by atoms with E-state index >= 15 is 0 Å². The number of sulfonamides is 1. The third-order valence-corrected chi connectivity index (χ3v) is 4.15. The summed E-state index contributed by atoms with van der Waals surface area (Å²) in [6.45, 7) is 1.70. The Kier molecular flexibility index (Phi) is 3.85. The number of benzene rings is 1. The van der Waals surface area contributed by atoms with Gasteiger partial charge < -0.3 is 15.5 Å². The molecule has 2 rings (SSSR count). The van der Waals surface area contributed by atoms with Crippen LogP contribution in [0.3, 0.4) is 0 Å². The lowest BCUT2D eigenvalue weighted by molar-refractivity contribution is 0.318. The molecular formula is C12H15N5O3S. The molecule has 1 heterocycles. The zero-order valence-corrected chi connectivity index (χ0v) is 12.3. The van der Waals surface area contributed by atoms with E-state index in [4.69, 9.17) is 10.9 Å². The molecule has 4 N–H and O–H groups in total. The van der Waals surface area contributed by atoms with Gasteiger partial charge in [0.05, 0.1) is 5.69 Å². The summed E-state index contributed by atoms with van der Waals surface area (Å²) < 4.78 is 28.6. The van der Waals surface area contributed by atoms with Crippen molar-refractivity contribution in [1.82, 2.24) is 9.55 Å². The summed E-state index contributed by atoms with van der Waals surface area (Å²) in [7, 11) is -2.15. The number of aromatic nitrogens is 2. The summed E-state index contributed by atoms with van der Waals surface area (Å²) >= 11 is 0. The molecule has 0 amide bonds. The zero-order valence-electron chi connectivity index (χ0n) is 11.5. The molecule has 1 aromatic heterocycles. The van der Waals surface area contributed by atoms with Crippen LogP contribution >= 0.6 is 0 Å². The van der Waals surface area contributed by atoms with Crippen LogP contribution in [-0.4, -0.2) is 29.0 Å².